The van der Waals surface area contributed by atoms with Crippen LogP contribution in [0.15, 0.2) is 47.0 Å². The van der Waals surface area contributed by atoms with Gasteiger partial charge in [0, 0.05) is 17.0 Å². The number of carbonyl (C=O) groups is 1. The molecule has 0 radical (unpaired) electrons. The predicted octanol–water partition coefficient (Wildman–Crippen LogP) is 3.45. The van der Waals surface area contributed by atoms with E-state index in [1.165, 1.54) is 13.2 Å². The highest BCUT2D eigenvalue weighted by atomic mass is 35.5. The van der Waals surface area contributed by atoms with Crippen LogP contribution in [0, 0.1) is 0 Å². The summed E-state index contributed by atoms with van der Waals surface area (Å²) >= 11 is 6.46. The number of hydrogen-bond donors (Lipinski definition) is 4. The van der Waals surface area contributed by atoms with Crippen molar-refractivity contribution in [2.24, 2.45) is 0 Å². The van der Waals surface area contributed by atoms with E-state index in [9.17, 15) is 20.1 Å². The third-order valence-corrected chi connectivity index (χ3v) is 5.47. The number of ether oxygens (including phenoxy) is 1. The minimum atomic E-state index is -0.500. The third-order valence-electron chi connectivity index (χ3n) is 5.15. The zero-order valence-electron chi connectivity index (χ0n) is 16.4. The molecule has 0 saturated carbocycles. The highest BCUT2D eigenvalue weighted by molar-refractivity contribution is 6.38. The van der Waals surface area contributed by atoms with Crippen molar-refractivity contribution in [3.8, 4) is 17.0 Å². The SMILES string of the molecule is COc1cc(C(O)=C2C(=O)Nc3cc(Cl)c(-c4ccc(C(CO)CO)cc4)cc32)on1. The number of rotatable bonds is 6. The normalized spacial score (nSPS) is 14.5. The summed E-state index contributed by atoms with van der Waals surface area (Å²) in [6, 6.07) is 11.9. The van der Waals surface area contributed by atoms with Crippen LogP contribution in [-0.2, 0) is 4.79 Å². The average Bonchev–Trinajstić information content (AvgIpc) is 3.38. The number of nitrogens with one attached hydrogen (secondary N) is 1. The number of fused-ring (bicyclic) bond motifs is 1. The summed E-state index contributed by atoms with van der Waals surface area (Å²) < 4.78 is 10.0. The smallest absolute Gasteiger partial charge is 0.260 e. The van der Waals surface area contributed by atoms with Gasteiger partial charge >= 0.3 is 0 Å². The molecule has 9 heteroatoms. The van der Waals surface area contributed by atoms with Crippen LogP contribution in [0.1, 0.15) is 22.8 Å². The second kappa shape index (κ2) is 8.43. The highest BCUT2D eigenvalue weighted by Gasteiger charge is 2.31. The molecule has 4 N–H and O–H groups in total. The van der Waals surface area contributed by atoms with Crippen LogP contribution in [-0.4, -0.2) is 46.7 Å². The largest absolute Gasteiger partial charge is 0.504 e. The lowest BCUT2D eigenvalue weighted by Crippen LogP contribution is -2.08. The van der Waals surface area contributed by atoms with Crippen molar-refractivity contribution in [1.29, 1.82) is 0 Å². The Hall–Kier alpha value is -3.33. The van der Waals surface area contributed by atoms with Crippen LogP contribution in [0.3, 0.4) is 0 Å². The summed E-state index contributed by atoms with van der Waals surface area (Å²) in [5, 5.41) is 36.1. The van der Waals surface area contributed by atoms with Gasteiger partial charge in [-0.25, -0.2) is 0 Å². The van der Waals surface area contributed by atoms with E-state index in [1.54, 1.807) is 24.3 Å². The first-order valence-electron chi connectivity index (χ1n) is 9.38. The van der Waals surface area contributed by atoms with E-state index in [-0.39, 0.29) is 42.1 Å². The molecule has 31 heavy (non-hydrogen) atoms. The third kappa shape index (κ3) is 3.76. The first-order chi connectivity index (χ1) is 15.0. The van der Waals surface area contributed by atoms with Crippen LogP contribution in [0.4, 0.5) is 5.69 Å². The van der Waals surface area contributed by atoms with Gasteiger partial charge in [0.15, 0.2) is 5.76 Å². The van der Waals surface area contributed by atoms with E-state index in [4.69, 9.17) is 20.9 Å². The molecular weight excluding hydrogens is 424 g/mol. The quantitative estimate of drug-likeness (QED) is 0.340. The predicted molar refractivity (Wildman–Crippen MR) is 115 cm³/mol. The molecular formula is C22H19ClN2O6. The van der Waals surface area contributed by atoms with Gasteiger partial charge in [-0.3, -0.25) is 4.79 Å². The molecule has 8 nitrogen and oxygen atoms in total. The molecule has 0 atom stereocenters. The van der Waals surface area contributed by atoms with Crippen LogP contribution in [0.2, 0.25) is 5.02 Å². The lowest BCUT2D eigenvalue weighted by atomic mass is 9.95. The number of amides is 1. The molecule has 1 aliphatic heterocycles. The zero-order chi connectivity index (χ0) is 22.1. The van der Waals surface area contributed by atoms with Crippen molar-refractivity contribution in [2.45, 2.75) is 5.92 Å². The van der Waals surface area contributed by atoms with Crippen LogP contribution in [0.5, 0.6) is 5.88 Å². The number of aliphatic hydroxyl groups excluding tert-OH is 3. The number of methoxy groups -OCH3 is 1. The Labute approximate surface area is 182 Å². The Morgan fingerprint density at radius 3 is 2.48 bits per heavy atom. The Morgan fingerprint density at radius 2 is 1.87 bits per heavy atom. The van der Waals surface area contributed by atoms with Crippen molar-refractivity contribution in [3.63, 3.8) is 0 Å². The highest BCUT2D eigenvalue weighted by Crippen LogP contribution is 2.42. The van der Waals surface area contributed by atoms with E-state index in [0.29, 0.717) is 21.8 Å². The molecule has 0 fully saturated rings. The maximum absolute atomic E-state index is 12.6. The Kier molecular flexibility index (Phi) is 5.69. The maximum atomic E-state index is 12.6. The molecule has 160 valence electrons. The second-order valence-corrected chi connectivity index (χ2v) is 7.38. The molecule has 0 spiro atoms. The van der Waals surface area contributed by atoms with Gasteiger partial charge in [0.2, 0.25) is 5.76 Å². The molecule has 1 aromatic heterocycles. The number of anilines is 1. The van der Waals surface area contributed by atoms with Gasteiger partial charge in [-0.1, -0.05) is 35.9 Å². The van der Waals surface area contributed by atoms with E-state index >= 15 is 0 Å². The molecule has 2 heterocycles. The Bertz CT molecular complexity index is 1170. The first kappa shape index (κ1) is 20.9. The summed E-state index contributed by atoms with van der Waals surface area (Å²) in [5.41, 5.74) is 3.16. The summed E-state index contributed by atoms with van der Waals surface area (Å²) in [5.74, 6) is -1.07. The molecule has 4 rings (SSSR count). The van der Waals surface area contributed by atoms with Gasteiger partial charge in [0.1, 0.15) is 0 Å². The monoisotopic (exact) mass is 442 g/mol. The molecule has 0 saturated heterocycles. The fourth-order valence-electron chi connectivity index (χ4n) is 3.44. The van der Waals surface area contributed by atoms with Crippen molar-refractivity contribution in [1.82, 2.24) is 5.16 Å². The number of carbonyl (C=O) groups excluding carboxylic acids is 1. The zero-order valence-corrected chi connectivity index (χ0v) is 17.2. The summed E-state index contributed by atoms with van der Waals surface area (Å²) in [4.78, 5) is 12.6. The van der Waals surface area contributed by atoms with Crippen molar-refractivity contribution < 1.29 is 29.4 Å². The first-order valence-corrected chi connectivity index (χ1v) is 9.76. The summed E-state index contributed by atoms with van der Waals surface area (Å²) in [6.07, 6.45) is 0. The minimum Gasteiger partial charge on any atom is -0.504 e. The lowest BCUT2D eigenvalue weighted by molar-refractivity contribution is -0.110. The Morgan fingerprint density at radius 1 is 1.16 bits per heavy atom. The molecule has 0 unspecified atom stereocenters. The van der Waals surface area contributed by atoms with Gasteiger partial charge in [-0.05, 0) is 28.4 Å². The number of hydrogen-bond acceptors (Lipinski definition) is 7. The van der Waals surface area contributed by atoms with Gasteiger partial charge in [-0.15, -0.1) is 0 Å². The number of nitrogens with zero attached hydrogens (tertiary/aromatic N) is 1. The van der Waals surface area contributed by atoms with Crippen molar-refractivity contribution >= 4 is 34.5 Å². The Balaban J connectivity index is 1.78. The maximum Gasteiger partial charge on any atom is 0.260 e. The molecule has 3 aromatic rings. The minimum absolute atomic E-state index is 0.00486. The van der Waals surface area contributed by atoms with Crippen LogP contribution >= 0.6 is 11.6 Å². The van der Waals surface area contributed by atoms with Gasteiger partial charge in [0.25, 0.3) is 11.8 Å². The fourth-order valence-corrected chi connectivity index (χ4v) is 3.71. The number of aromatic nitrogens is 1. The molecule has 0 aliphatic carbocycles. The standard InChI is InChI=1S/C22H19ClN2O6/c1-30-19-8-18(31-25-19)21(28)20-15-6-14(16(23)7-17(15)24-22(20)29)12-4-2-11(3-5-12)13(9-26)10-27/h2-8,13,26-28H,9-10H2,1H3,(H,24,29). The number of halogens is 1. The molecule has 0 bridgehead atoms. The number of benzene rings is 2. The topological polar surface area (TPSA) is 125 Å². The number of aliphatic hydroxyl groups is 3. The van der Waals surface area contributed by atoms with E-state index in [1.807, 2.05) is 12.1 Å². The van der Waals surface area contributed by atoms with Gasteiger partial charge in [-0.2, -0.15) is 0 Å². The fraction of sp³-hybridized carbons (Fsp3) is 0.182. The average molecular weight is 443 g/mol. The summed E-state index contributed by atoms with van der Waals surface area (Å²) in [6.45, 7) is -0.327. The van der Waals surface area contributed by atoms with E-state index in [0.717, 1.165) is 11.1 Å². The molecule has 2 aromatic carbocycles. The van der Waals surface area contributed by atoms with Crippen LogP contribution < -0.4 is 10.1 Å². The van der Waals surface area contributed by atoms with Crippen LogP contribution in [0.25, 0.3) is 22.5 Å². The lowest BCUT2D eigenvalue weighted by Gasteiger charge is -2.13. The van der Waals surface area contributed by atoms with Gasteiger partial charge in [0.05, 0.1) is 42.7 Å². The van der Waals surface area contributed by atoms with E-state index in [2.05, 4.69) is 10.5 Å². The van der Waals surface area contributed by atoms with Crippen molar-refractivity contribution in [3.05, 3.63) is 64.4 Å². The van der Waals surface area contributed by atoms with E-state index < -0.39 is 5.91 Å². The summed E-state index contributed by atoms with van der Waals surface area (Å²) in [7, 11) is 1.41. The molecule has 1 aliphatic rings. The molecule has 1 amide bonds. The van der Waals surface area contributed by atoms with Gasteiger partial charge < -0.3 is 29.9 Å². The van der Waals surface area contributed by atoms with Crippen molar-refractivity contribution in [2.75, 3.05) is 25.6 Å². The second-order valence-electron chi connectivity index (χ2n) is 6.97.